The molecule has 0 fully saturated rings. The van der Waals surface area contributed by atoms with Gasteiger partial charge in [0.25, 0.3) is 0 Å². The molecule has 0 aliphatic heterocycles. The quantitative estimate of drug-likeness (QED) is 0.631. The Morgan fingerprint density at radius 2 is 2.45 bits per heavy atom. The van der Waals surface area contributed by atoms with Crippen molar-refractivity contribution in [2.24, 2.45) is 0 Å². The Kier molecular flexibility index (Phi) is 3.07. The number of aromatic nitrogens is 1. The molecule has 3 nitrogen and oxygen atoms in total. The van der Waals surface area contributed by atoms with E-state index in [-0.39, 0.29) is 5.12 Å². The molecular formula is C7H9N2OS+. The van der Waals surface area contributed by atoms with Crippen molar-refractivity contribution in [1.29, 1.82) is 0 Å². The maximum absolute atomic E-state index is 10.8. The summed E-state index contributed by atoms with van der Waals surface area (Å²) < 4.78 is 0. The second kappa shape index (κ2) is 4.10. The van der Waals surface area contributed by atoms with Gasteiger partial charge >= 0.3 is 0 Å². The number of nitrogens with zero attached hydrogens (tertiary/aromatic N) is 1. The highest BCUT2D eigenvalue weighted by atomic mass is 32.2. The molecule has 0 aliphatic rings. The SMILES string of the molecule is [NH3+]CC(=O)Sc1ccccn1. The zero-order valence-corrected chi connectivity index (χ0v) is 6.80. The van der Waals surface area contributed by atoms with Crippen LogP contribution in [0.5, 0.6) is 0 Å². The van der Waals surface area contributed by atoms with Gasteiger partial charge in [-0.15, -0.1) is 0 Å². The summed E-state index contributed by atoms with van der Waals surface area (Å²) in [5, 5.41) is 0.782. The van der Waals surface area contributed by atoms with Crippen molar-refractivity contribution in [3.8, 4) is 0 Å². The van der Waals surface area contributed by atoms with E-state index in [9.17, 15) is 4.79 Å². The lowest BCUT2D eigenvalue weighted by Crippen LogP contribution is -2.53. The molecule has 0 unspecified atom stereocenters. The van der Waals surface area contributed by atoms with Crippen LogP contribution in [0, 0.1) is 0 Å². The topological polar surface area (TPSA) is 57.6 Å². The molecule has 0 radical (unpaired) electrons. The van der Waals surface area contributed by atoms with E-state index < -0.39 is 0 Å². The molecule has 0 saturated heterocycles. The molecule has 0 atom stereocenters. The van der Waals surface area contributed by atoms with E-state index >= 15 is 0 Å². The second-order valence-corrected chi connectivity index (χ2v) is 2.97. The first kappa shape index (κ1) is 8.23. The van der Waals surface area contributed by atoms with Gasteiger partial charge in [-0.05, 0) is 23.9 Å². The van der Waals surface area contributed by atoms with Crippen molar-refractivity contribution in [1.82, 2.24) is 4.98 Å². The van der Waals surface area contributed by atoms with Gasteiger partial charge in [-0.2, -0.15) is 0 Å². The smallest absolute Gasteiger partial charge is 0.249 e. The fourth-order valence-electron chi connectivity index (χ4n) is 0.575. The van der Waals surface area contributed by atoms with Crippen LogP contribution in [-0.4, -0.2) is 16.6 Å². The second-order valence-electron chi connectivity index (χ2n) is 1.89. The van der Waals surface area contributed by atoms with Crippen LogP contribution in [0.1, 0.15) is 0 Å². The maximum atomic E-state index is 10.8. The Hall–Kier alpha value is -0.870. The van der Waals surface area contributed by atoms with E-state index in [1.807, 2.05) is 12.1 Å². The third-order valence-electron chi connectivity index (χ3n) is 1.06. The molecule has 1 heterocycles. The molecule has 0 amide bonds. The summed E-state index contributed by atoms with van der Waals surface area (Å²) in [6, 6.07) is 5.47. The minimum Gasteiger partial charge on any atom is -0.351 e. The minimum absolute atomic E-state index is 0.0451. The molecule has 0 spiro atoms. The molecule has 1 aromatic heterocycles. The maximum Gasteiger partial charge on any atom is 0.249 e. The molecular weight excluding hydrogens is 160 g/mol. The van der Waals surface area contributed by atoms with Crippen LogP contribution < -0.4 is 5.73 Å². The van der Waals surface area contributed by atoms with Crippen molar-refractivity contribution in [2.75, 3.05) is 6.54 Å². The third-order valence-corrected chi connectivity index (χ3v) is 1.94. The molecule has 0 saturated carbocycles. The van der Waals surface area contributed by atoms with Gasteiger partial charge < -0.3 is 5.73 Å². The summed E-state index contributed by atoms with van der Waals surface area (Å²) in [4.78, 5) is 14.8. The van der Waals surface area contributed by atoms with Crippen LogP contribution >= 0.6 is 11.8 Å². The lowest BCUT2D eigenvalue weighted by atomic mass is 10.5. The Morgan fingerprint density at radius 1 is 1.64 bits per heavy atom. The highest BCUT2D eigenvalue weighted by Crippen LogP contribution is 2.13. The predicted molar refractivity (Wildman–Crippen MR) is 42.9 cm³/mol. The molecule has 4 heteroatoms. The van der Waals surface area contributed by atoms with Crippen LogP contribution in [-0.2, 0) is 4.79 Å². The van der Waals surface area contributed by atoms with Crippen molar-refractivity contribution >= 4 is 16.9 Å². The Balaban J connectivity index is 2.58. The van der Waals surface area contributed by atoms with Gasteiger partial charge in [-0.3, -0.25) is 4.79 Å². The van der Waals surface area contributed by atoms with Gasteiger partial charge in [0.2, 0.25) is 5.12 Å². The van der Waals surface area contributed by atoms with Crippen molar-refractivity contribution in [3.63, 3.8) is 0 Å². The Morgan fingerprint density at radius 3 is 3.00 bits per heavy atom. The molecule has 0 aromatic carbocycles. The molecule has 58 valence electrons. The van der Waals surface area contributed by atoms with Crippen LogP contribution in [0.25, 0.3) is 0 Å². The highest BCUT2D eigenvalue weighted by Gasteiger charge is 2.03. The number of carbonyl (C=O) groups excluding carboxylic acids is 1. The van der Waals surface area contributed by atoms with Crippen LogP contribution in [0.15, 0.2) is 29.4 Å². The van der Waals surface area contributed by atoms with Gasteiger partial charge in [-0.25, -0.2) is 4.98 Å². The van der Waals surface area contributed by atoms with Crippen LogP contribution in [0.4, 0.5) is 0 Å². The van der Waals surface area contributed by atoms with Crippen LogP contribution in [0.3, 0.4) is 0 Å². The lowest BCUT2D eigenvalue weighted by Gasteiger charge is -1.93. The lowest BCUT2D eigenvalue weighted by molar-refractivity contribution is -0.352. The first-order valence-electron chi connectivity index (χ1n) is 3.24. The normalized spacial score (nSPS) is 9.55. The summed E-state index contributed by atoms with van der Waals surface area (Å²) >= 11 is 1.13. The largest absolute Gasteiger partial charge is 0.351 e. The average Bonchev–Trinajstić information content (AvgIpc) is 2.06. The Labute approximate surface area is 69.0 Å². The fraction of sp³-hybridized carbons (Fsp3) is 0.143. The predicted octanol–water partition coefficient (Wildman–Crippen LogP) is -0.0578. The van der Waals surface area contributed by atoms with Crippen molar-refractivity contribution in [3.05, 3.63) is 24.4 Å². The number of carbonyl (C=O) groups is 1. The number of pyridine rings is 1. The van der Waals surface area contributed by atoms with Gasteiger partial charge in [0.1, 0.15) is 11.6 Å². The number of thioether (sulfide) groups is 1. The zero-order chi connectivity index (χ0) is 8.10. The molecule has 0 bridgehead atoms. The summed E-state index contributed by atoms with van der Waals surface area (Å²) in [6.07, 6.45) is 1.67. The van der Waals surface area contributed by atoms with Gasteiger partial charge in [0.05, 0.1) is 0 Å². The molecule has 1 aromatic rings. The van der Waals surface area contributed by atoms with E-state index in [4.69, 9.17) is 0 Å². The molecule has 3 N–H and O–H groups in total. The van der Waals surface area contributed by atoms with E-state index in [1.54, 1.807) is 12.3 Å². The van der Waals surface area contributed by atoms with Crippen LogP contribution in [0.2, 0.25) is 0 Å². The standard InChI is InChI=1S/C7H8N2OS/c8-5-7(10)11-6-3-1-2-4-9-6/h1-4H,5,8H2/p+1. The highest BCUT2D eigenvalue weighted by molar-refractivity contribution is 8.13. The zero-order valence-electron chi connectivity index (χ0n) is 5.99. The fourth-order valence-corrected chi connectivity index (χ4v) is 1.17. The number of hydrogen-bond donors (Lipinski definition) is 1. The summed E-state index contributed by atoms with van der Waals surface area (Å²) in [6.45, 7) is 0.307. The van der Waals surface area contributed by atoms with Gasteiger partial charge in [-0.1, -0.05) is 6.07 Å². The first-order valence-corrected chi connectivity index (χ1v) is 4.05. The van der Waals surface area contributed by atoms with Gasteiger partial charge in [0.15, 0.2) is 0 Å². The van der Waals surface area contributed by atoms with Crippen molar-refractivity contribution in [2.45, 2.75) is 5.03 Å². The molecule has 11 heavy (non-hydrogen) atoms. The molecule has 1 rings (SSSR count). The minimum atomic E-state index is 0.0451. The summed E-state index contributed by atoms with van der Waals surface area (Å²) in [7, 11) is 0. The van der Waals surface area contributed by atoms with E-state index in [1.165, 1.54) is 0 Å². The summed E-state index contributed by atoms with van der Waals surface area (Å²) in [5.41, 5.74) is 3.48. The first-order chi connectivity index (χ1) is 5.33. The van der Waals surface area contributed by atoms with E-state index in [2.05, 4.69) is 10.7 Å². The third kappa shape index (κ3) is 2.69. The average molecular weight is 169 g/mol. The Bertz CT molecular complexity index is 237. The van der Waals surface area contributed by atoms with Crippen molar-refractivity contribution < 1.29 is 10.5 Å². The number of quaternary nitrogens is 1. The molecule has 0 aliphatic carbocycles. The van der Waals surface area contributed by atoms with E-state index in [0.29, 0.717) is 6.54 Å². The number of hydrogen-bond acceptors (Lipinski definition) is 3. The monoisotopic (exact) mass is 169 g/mol. The van der Waals surface area contributed by atoms with Gasteiger partial charge in [0, 0.05) is 6.20 Å². The summed E-state index contributed by atoms with van der Waals surface area (Å²) in [5.74, 6) is 0. The van der Waals surface area contributed by atoms with E-state index in [0.717, 1.165) is 16.8 Å². The number of rotatable bonds is 2.